The topological polar surface area (TPSA) is 56.4 Å². The monoisotopic (exact) mass is 339 g/mol. The Balaban J connectivity index is 1.51. The van der Waals surface area contributed by atoms with E-state index >= 15 is 0 Å². The van der Waals surface area contributed by atoms with Crippen molar-refractivity contribution in [2.75, 3.05) is 26.2 Å². The van der Waals surface area contributed by atoms with E-state index in [-0.39, 0.29) is 11.8 Å². The number of nitrogens with one attached hydrogen (secondary N) is 1. The van der Waals surface area contributed by atoms with Crippen LogP contribution in [0.5, 0.6) is 0 Å². The molecule has 2 aromatic rings. The molecular weight excluding hydrogens is 314 g/mol. The van der Waals surface area contributed by atoms with E-state index < -0.39 is 0 Å². The molecule has 1 saturated heterocycles. The van der Waals surface area contributed by atoms with Gasteiger partial charge < -0.3 is 14.8 Å². The number of carbonyl (C=O) groups excluding carboxylic acids is 2. The fourth-order valence-electron chi connectivity index (χ4n) is 3.28. The number of nitrogens with zero attached hydrogens (tertiary/aromatic N) is 2. The third-order valence-electron chi connectivity index (χ3n) is 4.84. The van der Waals surface area contributed by atoms with Gasteiger partial charge in [0.2, 0.25) is 11.8 Å². The van der Waals surface area contributed by atoms with Crippen molar-refractivity contribution in [3.8, 4) is 0 Å². The molecule has 1 N–H and O–H groups in total. The first kappa shape index (κ1) is 17.3. The Morgan fingerprint density at radius 1 is 0.960 bits per heavy atom. The Morgan fingerprint density at radius 3 is 2.16 bits per heavy atom. The maximum atomic E-state index is 12.6. The van der Waals surface area contributed by atoms with E-state index in [2.05, 4.69) is 18.0 Å². The molecule has 0 spiro atoms. The molecule has 132 valence electrons. The molecule has 1 aromatic carbocycles. The summed E-state index contributed by atoms with van der Waals surface area (Å²) in [6.07, 6.45) is 4.53. The number of H-pyrrole nitrogens is 1. The van der Waals surface area contributed by atoms with E-state index in [0.29, 0.717) is 39.0 Å². The predicted octanol–water partition coefficient (Wildman–Crippen LogP) is 2.09. The average Bonchev–Trinajstić information content (AvgIpc) is 3.10. The first-order valence-corrected chi connectivity index (χ1v) is 8.76. The lowest BCUT2D eigenvalue weighted by Crippen LogP contribution is -2.51. The van der Waals surface area contributed by atoms with Gasteiger partial charge >= 0.3 is 0 Å². The second kappa shape index (κ2) is 7.55. The fourth-order valence-corrected chi connectivity index (χ4v) is 3.28. The number of hydrogen-bond acceptors (Lipinski definition) is 2. The Bertz CT molecular complexity index is 744. The number of aromatic amines is 1. The molecule has 0 radical (unpaired) electrons. The standard InChI is InChI=1S/C20H25N3O2/c1-15-3-4-18(16(2)11-15)13-20(25)23-9-7-22(8-10-23)19(24)12-17-5-6-21-14-17/h3-6,11,14,21H,7-10,12-13H2,1-2H3. The van der Waals surface area contributed by atoms with E-state index in [4.69, 9.17) is 0 Å². The fraction of sp³-hybridized carbons (Fsp3) is 0.400. The molecule has 1 fully saturated rings. The molecule has 2 heterocycles. The highest BCUT2D eigenvalue weighted by Gasteiger charge is 2.24. The van der Waals surface area contributed by atoms with Crippen molar-refractivity contribution in [3.05, 3.63) is 58.9 Å². The highest BCUT2D eigenvalue weighted by Crippen LogP contribution is 2.14. The molecule has 0 saturated carbocycles. The lowest BCUT2D eigenvalue weighted by Gasteiger charge is -2.35. The number of benzene rings is 1. The number of amides is 2. The first-order valence-electron chi connectivity index (χ1n) is 8.76. The minimum Gasteiger partial charge on any atom is -0.367 e. The second-order valence-electron chi connectivity index (χ2n) is 6.76. The molecule has 3 rings (SSSR count). The Kier molecular flexibility index (Phi) is 5.22. The van der Waals surface area contributed by atoms with Crippen LogP contribution in [0, 0.1) is 13.8 Å². The van der Waals surface area contributed by atoms with E-state index in [1.807, 2.05) is 47.3 Å². The summed E-state index contributed by atoms with van der Waals surface area (Å²) >= 11 is 0. The smallest absolute Gasteiger partial charge is 0.227 e. The zero-order chi connectivity index (χ0) is 17.8. The van der Waals surface area contributed by atoms with Crippen LogP contribution in [0.2, 0.25) is 0 Å². The predicted molar refractivity (Wildman–Crippen MR) is 97.3 cm³/mol. The summed E-state index contributed by atoms with van der Waals surface area (Å²) < 4.78 is 0. The van der Waals surface area contributed by atoms with Gasteiger partial charge in [-0.1, -0.05) is 23.8 Å². The lowest BCUT2D eigenvalue weighted by molar-refractivity contribution is -0.138. The number of carbonyl (C=O) groups is 2. The normalized spacial score (nSPS) is 14.6. The molecule has 25 heavy (non-hydrogen) atoms. The summed E-state index contributed by atoms with van der Waals surface area (Å²) in [6, 6.07) is 8.12. The van der Waals surface area contributed by atoms with E-state index in [1.54, 1.807) is 0 Å². The maximum absolute atomic E-state index is 12.6. The van der Waals surface area contributed by atoms with Crippen LogP contribution in [0.4, 0.5) is 0 Å². The van der Waals surface area contributed by atoms with Crippen molar-refractivity contribution in [2.24, 2.45) is 0 Å². The van der Waals surface area contributed by atoms with Crippen molar-refractivity contribution in [1.29, 1.82) is 0 Å². The second-order valence-corrected chi connectivity index (χ2v) is 6.76. The van der Waals surface area contributed by atoms with Crippen LogP contribution in [0.1, 0.15) is 22.3 Å². The summed E-state index contributed by atoms with van der Waals surface area (Å²) in [6.45, 7) is 6.56. The Hall–Kier alpha value is -2.56. The zero-order valence-corrected chi connectivity index (χ0v) is 14.9. The number of aryl methyl sites for hydroxylation is 2. The molecule has 1 aromatic heterocycles. The molecule has 1 aliphatic rings. The molecule has 2 amide bonds. The first-order chi connectivity index (χ1) is 12.0. The van der Waals surface area contributed by atoms with Crippen LogP contribution in [0.15, 0.2) is 36.7 Å². The van der Waals surface area contributed by atoms with Gasteiger partial charge in [0.05, 0.1) is 12.8 Å². The van der Waals surface area contributed by atoms with Crippen LogP contribution in [-0.2, 0) is 22.4 Å². The van der Waals surface area contributed by atoms with Gasteiger partial charge in [0.25, 0.3) is 0 Å². The minimum atomic E-state index is 0.126. The third kappa shape index (κ3) is 4.29. The number of aromatic nitrogens is 1. The van der Waals surface area contributed by atoms with Crippen molar-refractivity contribution >= 4 is 11.8 Å². The van der Waals surface area contributed by atoms with Crippen molar-refractivity contribution in [3.63, 3.8) is 0 Å². The van der Waals surface area contributed by atoms with Gasteiger partial charge in [-0.25, -0.2) is 0 Å². The molecule has 0 bridgehead atoms. The maximum Gasteiger partial charge on any atom is 0.227 e. The quantitative estimate of drug-likeness (QED) is 0.927. The van der Waals surface area contributed by atoms with Crippen molar-refractivity contribution < 1.29 is 9.59 Å². The van der Waals surface area contributed by atoms with E-state index in [0.717, 1.165) is 16.7 Å². The summed E-state index contributed by atoms with van der Waals surface area (Å²) in [7, 11) is 0. The zero-order valence-electron chi connectivity index (χ0n) is 14.9. The SMILES string of the molecule is Cc1ccc(CC(=O)N2CCN(C(=O)Cc3cc[nH]c3)CC2)c(C)c1. The summed E-state index contributed by atoms with van der Waals surface area (Å²) in [5, 5.41) is 0. The van der Waals surface area contributed by atoms with Crippen LogP contribution in [0.3, 0.4) is 0 Å². The number of hydrogen-bond donors (Lipinski definition) is 1. The number of rotatable bonds is 4. The van der Waals surface area contributed by atoms with Crippen LogP contribution in [-0.4, -0.2) is 52.8 Å². The molecule has 0 atom stereocenters. The largest absolute Gasteiger partial charge is 0.367 e. The van der Waals surface area contributed by atoms with Gasteiger partial charge in [0.15, 0.2) is 0 Å². The van der Waals surface area contributed by atoms with Gasteiger partial charge in [-0.3, -0.25) is 9.59 Å². The summed E-state index contributed by atoms with van der Waals surface area (Å²) in [5.74, 6) is 0.269. The van der Waals surface area contributed by atoms with Crippen molar-refractivity contribution in [2.45, 2.75) is 26.7 Å². The number of piperazine rings is 1. The van der Waals surface area contributed by atoms with Gasteiger partial charge in [0.1, 0.15) is 0 Å². The molecule has 0 aliphatic carbocycles. The molecule has 5 heteroatoms. The van der Waals surface area contributed by atoms with E-state index in [1.165, 1.54) is 5.56 Å². The molecule has 0 unspecified atom stereocenters. The highest BCUT2D eigenvalue weighted by atomic mass is 16.2. The van der Waals surface area contributed by atoms with Gasteiger partial charge in [-0.05, 0) is 36.6 Å². The minimum absolute atomic E-state index is 0.126. The summed E-state index contributed by atoms with van der Waals surface area (Å²) in [4.78, 5) is 31.6. The molecule has 5 nitrogen and oxygen atoms in total. The summed E-state index contributed by atoms with van der Waals surface area (Å²) in [5.41, 5.74) is 4.46. The van der Waals surface area contributed by atoms with Crippen LogP contribution in [0.25, 0.3) is 0 Å². The third-order valence-corrected chi connectivity index (χ3v) is 4.84. The lowest BCUT2D eigenvalue weighted by atomic mass is 10.0. The highest BCUT2D eigenvalue weighted by molar-refractivity contribution is 5.81. The van der Waals surface area contributed by atoms with E-state index in [9.17, 15) is 9.59 Å². The Morgan fingerprint density at radius 2 is 1.60 bits per heavy atom. The van der Waals surface area contributed by atoms with Gasteiger partial charge in [0, 0.05) is 38.6 Å². The van der Waals surface area contributed by atoms with Crippen molar-refractivity contribution in [1.82, 2.24) is 14.8 Å². The molecular formula is C20H25N3O2. The van der Waals surface area contributed by atoms with Gasteiger partial charge in [-0.2, -0.15) is 0 Å². The van der Waals surface area contributed by atoms with Gasteiger partial charge in [-0.15, -0.1) is 0 Å². The van der Waals surface area contributed by atoms with Crippen LogP contribution >= 0.6 is 0 Å². The molecule has 1 aliphatic heterocycles. The Labute approximate surface area is 148 Å². The van der Waals surface area contributed by atoms with Crippen LogP contribution < -0.4 is 0 Å². The average molecular weight is 339 g/mol.